The maximum Gasteiger partial charge on any atom is 0.0810 e. The van der Waals surface area contributed by atoms with Crippen molar-refractivity contribution in [2.45, 2.75) is 65.7 Å². The van der Waals surface area contributed by atoms with Gasteiger partial charge in [-0.05, 0) is 124 Å². The smallest absolute Gasteiger partial charge is 0.0810 e. The molecule has 0 saturated heterocycles. The van der Waals surface area contributed by atoms with E-state index in [2.05, 4.69) is 215 Å². The molecule has 0 aromatic heterocycles. The Morgan fingerprint density at radius 1 is 0.567 bits per heavy atom. The number of allylic oxidation sites excluding steroid dienone is 8. The van der Waals surface area contributed by atoms with Crippen molar-refractivity contribution < 1.29 is 0 Å². The summed E-state index contributed by atoms with van der Waals surface area (Å²) in [6.07, 6.45) is 29.6. The molecule has 0 saturated carbocycles. The summed E-state index contributed by atoms with van der Waals surface area (Å²) in [5, 5.41) is 0. The number of rotatable bonds is 17. The van der Waals surface area contributed by atoms with Crippen LogP contribution in [0.3, 0.4) is 0 Å². The lowest BCUT2D eigenvalue weighted by Gasteiger charge is -2.26. The molecule has 0 radical (unpaired) electrons. The largest absolute Gasteiger partial charge is 0.246 e. The van der Waals surface area contributed by atoms with Gasteiger partial charge >= 0.3 is 0 Å². The van der Waals surface area contributed by atoms with Gasteiger partial charge in [0.25, 0.3) is 0 Å². The van der Waals surface area contributed by atoms with E-state index in [4.69, 9.17) is 11.4 Å². The van der Waals surface area contributed by atoms with E-state index in [1.54, 1.807) is 0 Å². The van der Waals surface area contributed by atoms with Crippen molar-refractivity contribution in [3.8, 4) is 45.7 Å². The predicted octanol–water partition coefficient (Wildman–Crippen LogP) is 15.6. The summed E-state index contributed by atoms with van der Waals surface area (Å²) in [7, 11) is 0. The molecule has 0 N–H and O–H groups in total. The Balaban J connectivity index is 1.37. The molecular formula is C59H55N. The molecule has 0 amide bonds. The number of aliphatic imine (C=N–C) groups is 1. The summed E-state index contributed by atoms with van der Waals surface area (Å²) in [5.41, 5.74) is 19.1. The highest BCUT2D eigenvalue weighted by Gasteiger charge is 2.28. The Hall–Kier alpha value is -6.75. The van der Waals surface area contributed by atoms with Gasteiger partial charge in [0.1, 0.15) is 0 Å². The highest BCUT2D eigenvalue weighted by molar-refractivity contribution is 6.43. The van der Waals surface area contributed by atoms with Crippen LogP contribution in [0, 0.1) is 12.3 Å². The third kappa shape index (κ3) is 10.1. The summed E-state index contributed by atoms with van der Waals surface area (Å²) < 4.78 is 0. The molecule has 296 valence electrons. The molecular weight excluding hydrogens is 723 g/mol. The summed E-state index contributed by atoms with van der Waals surface area (Å²) in [6, 6.07) is 51.3. The number of hydrogen-bond acceptors (Lipinski definition) is 1. The molecule has 7 rings (SSSR count). The number of hydrogen-bond donors (Lipinski definition) is 0. The molecule has 1 heterocycles. The summed E-state index contributed by atoms with van der Waals surface area (Å²) in [6.45, 7) is 6.55. The standard InChI is InChI=1S/C59H55N/c1-5-9-12-14-17-25-45-26-21-32-50(39-45)57-58(51-33-22-31-49(40-51)46-27-19-15-20-28-46)60-59(57)54-42-52(47-37-35-44(36-38-47)24-16-11-7-3)41-53(43-54)56-34-23-30-48(55(56)8-4)29-18-13-10-6-2/h1,6,10,13-24,26-28,30-43H,7-9,11-12,25,29H2,2-4H3/b10-6-,17-14-,18-13-,24-16+. The third-order valence-corrected chi connectivity index (χ3v) is 11.1. The normalized spacial score (nSPS) is 12.8. The monoisotopic (exact) mass is 777 g/mol. The zero-order valence-corrected chi connectivity index (χ0v) is 35.4. The van der Waals surface area contributed by atoms with Gasteiger partial charge in [0.2, 0.25) is 0 Å². The first-order valence-corrected chi connectivity index (χ1v) is 21.6. The molecule has 1 aliphatic heterocycles. The van der Waals surface area contributed by atoms with E-state index >= 15 is 0 Å². The van der Waals surface area contributed by atoms with Crippen LogP contribution in [0.15, 0.2) is 187 Å². The van der Waals surface area contributed by atoms with E-state index in [0.717, 1.165) is 67.5 Å². The Bertz CT molecular complexity index is 2630. The first kappa shape index (κ1) is 41.4. The first-order chi connectivity index (χ1) is 29.6. The van der Waals surface area contributed by atoms with Gasteiger partial charge in [0, 0.05) is 23.1 Å². The molecule has 1 nitrogen and oxygen atoms in total. The van der Waals surface area contributed by atoms with Crippen molar-refractivity contribution in [2.75, 3.05) is 0 Å². The minimum Gasteiger partial charge on any atom is -0.246 e. The van der Waals surface area contributed by atoms with Gasteiger partial charge in [-0.2, -0.15) is 0 Å². The lowest BCUT2D eigenvalue weighted by molar-refractivity contribution is 0.962. The molecule has 6 aromatic carbocycles. The predicted molar refractivity (Wildman–Crippen MR) is 261 cm³/mol. The second-order valence-corrected chi connectivity index (χ2v) is 15.3. The average Bonchev–Trinajstić information content (AvgIpc) is 3.28. The Morgan fingerprint density at radius 3 is 2.08 bits per heavy atom. The second-order valence-electron chi connectivity index (χ2n) is 15.3. The van der Waals surface area contributed by atoms with E-state index in [0.29, 0.717) is 0 Å². The topological polar surface area (TPSA) is 12.4 Å². The van der Waals surface area contributed by atoms with Crippen LogP contribution < -0.4 is 0 Å². The summed E-state index contributed by atoms with van der Waals surface area (Å²) >= 11 is 0. The molecule has 6 aromatic rings. The van der Waals surface area contributed by atoms with Gasteiger partial charge in [0.05, 0.1) is 11.4 Å². The van der Waals surface area contributed by atoms with Gasteiger partial charge in [-0.3, -0.25) is 0 Å². The summed E-state index contributed by atoms with van der Waals surface area (Å²) in [4.78, 5) is 5.46. The second kappa shape index (κ2) is 20.8. The fourth-order valence-electron chi connectivity index (χ4n) is 7.97. The Morgan fingerprint density at radius 2 is 1.28 bits per heavy atom. The number of terminal acetylenes is 1. The minimum absolute atomic E-state index is 0.757. The Kier molecular flexibility index (Phi) is 14.3. The van der Waals surface area contributed by atoms with E-state index in [1.807, 2.05) is 0 Å². The molecule has 1 aliphatic rings. The quantitative estimate of drug-likeness (QED) is 0.0379. The van der Waals surface area contributed by atoms with Crippen molar-refractivity contribution in [3.05, 3.63) is 221 Å². The number of nitrogens with zero attached hydrogens (tertiary/aromatic N) is 1. The SMILES string of the molecule is C#CCC/C=C\Cc1cccc(C2=C(c3cccc(-c4ccccc4)c3)N=C2c2cc(-c3ccc(/C=C/CCC)cc3)cc(-c3cccc(C/C=C\C=C/C)c3CC)c2)c1. The van der Waals surface area contributed by atoms with Crippen LogP contribution >= 0.6 is 0 Å². The highest BCUT2D eigenvalue weighted by atomic mass is 14.8. The van der Waals surface area contributed by atoms with E-state index in [9.17, 15) is 0 Å². The van der Waals surface area contributed by atoms with E-state index in [-0.39, 0.29) is 0 Å². The van der Waals surface area contributed by atoms with Crippen LogP contribution in [0.2, 0.25) is 0 Å². The minimum atomic E-state index is 0.757. The fraction of sp³-hybridized carbons (Fsp3) is 0.169. The van der Waals surface area contributed by atoms with Crippen LogP contribution in [0.1, 0.15) is 85.4 Å². The number of benzene rings is 6. The molecule has 0 spiro atoms. The fourth-order valence-corrected chi connectivity index (χ4v) is 7.97. The van der Waals surface area contributed by atoms with Gasteiger partial charge in [0.15, 0.2) is 0 Å². The highest BCUT2D eigenvalue weighted by Crippen LogP contribution is 2.42. The molecule has 1 heteroatoms. The zero-order chi connectivity index (χ0) is 41.5. The molecule has 0 fully saturated rings. The van der Waals surface area contributed by atoms with E-state index in [1.165, 1.54) is 66.8 Å². The van der Waals surface area contributed by atoms with Crippen molar-refractivity contribution in [2.24, 2.45) is 4.99 Å². The van der Waals surface area contributed by atoms with Crippen molar-refractivity contribution in [3.63, 3.8) is 0 Å². The first-order valence-electron chi connectivity index (χ1n) is 21.6. The van der Waals surface area contributed by atoms with Crippen molar-refractivity contribution >= 4 is 23.1 Å². The molecule has 0 aliphatic carbocycles. The van der Waals surface area contributed by atoms with Crippen LogP contribution in [0.25, 0.3) is 50.7 Å². The zero-order valence-electron chi connectivity index (χ0n) is 35.4. The Labute approximate surface area is 359 Å². The molecule has 0 bridgehead atoms. The lowest BCUT2D eigenvalue weighted by Crippen LogP contribution is -2.16. The third-order valence-electron chi connectivity index (χ3n) is 11.1. The maximum absolute atomic E-state index is 5.51. The summed E-state index contributed by atoms with van der Waals surface area (Å²) in [5.74, 6) is 2.74. The van der Waals surface area contributed by atoms with Gasteiger partial charge in [-0.25, -0.2) is 4.99 Å². The molecule has 60 heavy (non-hydrogen) atoms. The molecule has 0 unspecified atom stereocenters. The van der Waals surface area contributed by atoms with Gasteiger partial charge in [-0.15, -0.1) is 12.3 Å². The van der Waals surface area contributed by atoms with Crippen LogP contribution in [0.4, 0.5) is 0 Å². The van der Waals surface area contributed by atoms with Gasteiger partial charge < -0.3 is 0 Å². The van der Waals surface area contributed by atoms with Crippen molar-refractivity contribution in [1.29, 1.82) is 0 Å². The van der Waals surface area contributed by atoms with Crippen molar-refractivity contribution in [1.82, 2.24) is 0 Å². The average molecular weight is 778 g/mol. The van der Waals surface area contributed by atoms with E-state index < -0.39 is 0 Å². The van der Waals surface area contributed by atoms with Gasteiger partial charge in [-0.1, -0.05) is 184 Å². The van der Waals surface area contributed by atoms with Crippen LogP contribution in [-0.2, 0) is 19.3 Å². The van der Waals surface area contributed by atoms with Crippen LogP contribution in [0.5, 0.6) is 0 Å². The number of unbranched alkanes of at least 4 members (excludes halogenated alkanes) is 2. The maximum atomic E-state index is 5.51. The lowest BCUT2D eigenvalue weighted by atomic mass is 9.83. The van der Waals surface area contributed by atoms with Crippen LogP contribution in [-0.4, -0.2) is 5.71 Å². The molecule has 0 atom stereocenters.